The fraction of sp³-hybridized carbons (Fsp3) is 1.00. The van der Waals surface area contributed by atoms with Gasteiger partial charge in [-0.2, -0.15) is 8.42 Å². The molecular formula is C3H9NaO4S. The van der Waals surface area contributed by atoms with E-state index in [2.05, 4.69) is 0 Å². The Morgan fingerprint density at radius 1 is 1.33 bits per heavy atom. The maximum atomic E-state index is 9.96. The molecule has 0 aromatic heterocycles. The zero-order chi connectivity index (χ0) is 7.00. The van der Waals surface area contributed by atoms with Gasteiger partial charge in [0.15, 0.2) is 4.93 Å². The van der Waals surface area contributed by atoms with Crippen molar-refractivity contribution in [1.29, 1.82) is 0 Å². The number of aliphatic hydroxyl groups is 1. The van der Waals surface area contributed by atoms with Gasteiger partial charge in [-0.3, -0.25) is 4.55 Å². The van der Waals surface area contributed by atoms with E-state index in [1.807, 2.05) is 0 Å². The van der Waals surface area contributed by atoms with Crippen molar-refractivity contribution in [2.45, 2.75) is 18.8 Å². The first-order valence-electron chi connectivity index (χ1n) is 1.94. The van der Waals surface area contributed by atoms with Crippen molar-refractivity contribution in [1.82, 2.24) is 0 Å². The molecule has 6 heteroatoms. The standard InChI is InChI=1S/C3H8O4S.Na.H/c1-3(2,4)8(5,6)7;;/h4H,1-2H3,(H,5,6,7);;. The van der Waals surface area contributed by atoms with Crippen molar-refractivity contribution in [2.24, 2.45) is 0 Å². The zero-order valence-electron chi connectivity index (χ0n) is 4.62. The summed E-state index contributed by atoms with van der Waals surface area (Å²) in [6, 6.07) is 0. The van der Waals surface area contributed by atoms with Crippen molar-refractivity contribution in [3.05, 3.63) is 0 Å². The zero-order valence-corrected chi connectivity index (χ0v) is 5.44. The van der Waals surface area contributed by atoms with Gasteiger partial charge in [0.25, 0.3) is 10.1 Å². The molecule has 0 saturated heterocycles. The summed E-state index contributed by atoms with van der Waals surface area (Å²) in [7, 11) is -4.28. The van der Waals surface area contributed by atoms with Gasteiger partial charge in [-0.25, -0.2) is 0 Å². The molecule has 0 saturated carbocycles. The van der Waals surface area contributed by atoms with Crippen LogP contribution in [-0.4, -0.2) is 52.6 Å². The van der Waals surface area contributed by atoms with Crippen LogP contribution in [0.1, 0.15) is 13.8 Å². The molecular weight excluding hydrogens is 155 g/mol. The monoisotopic (exact) mass is 164 g/mol. The molecule has 0 aromatic carbocycles. The summed E-state index contributed by atoms with van der Waals surface area (Å²) in [5, 5.41) is 8.52. The van der Waals surface area contributed by atoms with Gasteiger partial charge >= 0.3 is 29.6 Å². The number of rotatable bonds is 1. The third-order valence-corrected chi connectivity index (χ3v) is 1.89. The van der Waals surface area contributed by atoms with Crippen molar-refractivity contribution >= 4 is 39.7 Å². The summed E-state index contributed by atoms with van der Waals surface area (Å²) in [6.07, 6.45) is 0. The maximum absolute atomic E-state index is 9.96. The topological polar surface area (TPSA) is 74.6 Å². The van der Waals surface area contributed by atoms with Gasteiger partial charge in [-0.1, -0.05) is 0 Å². The molecule has 0 amide bonds. The molecule has 0 spiro atoms. The van der Waals surface area contributed by atoms with Gasteiger partial charge in [0.2, 0.25) is 0 Å². The molecule has 0 heterocycles. The van der Waals surface area contributed by atoms with Crippen molar-refractivity contribution in [3.63, 3.8) is 0 Å². The second-order valence-electron chi connectivity index (χ2n) is 1.92. The minimum atomic E-state index is -4.28. The summed E-state index contributed by atoms with van der Waals surface area (Å²) < 4.78 is 28.0. The van der Waals surface area contributed by atoms with Crippen LogP contribution in [0, 0.1) is 0 Å². The molecule has 0 aliphatic rings. The van der Waals surface area contributed by atoms with E-state index in [0.717, 1.165) is 13.8 Å². The second kappa shape index (κ2) is 3.32. The molecule has 0 radical (unpaired) electrons. The SMILES string of the molecule is CC(C)(O)S(=O)(=O)O.[NaH]. The second-order valence-corrected chi connectivity index (χ2v) is 3.87. The molecule has 0 fully saturated rings. The summed E-state index contributed by atoms with van der Waals surface area (Å²) in [5.41, 5.74) is 0. The molecule has 0 unspecified atom stereocenters. The average molecular weight is 164 g/mol. The van der Waals surface area contributed by atoms with E-state index in [9.17, 15) is 8.42 Å². The van der Waals surface area contributed by atoms with Gasteiger partial charge in [-0.15, -0.1) is 0 Å². The first-order chi connectivity index (χ1) is 3.25. The Kier molecular flexibility index (Phi) is 4.62. The molecule has 0 aromatic rings. The quantitative estimate of drug-likeness (QED) is 0.383. The Balaban J connectivity index is 0. The van der Waals surface area contributed by atoms with Crippen LogP contribution in [0.3, 0.4) is 0 Å². The molecule has 2 N–H and O–H groups in total. The summed E-state index contributed by atoms with van der Waals surface area (Å²) in [5.74, 6) is 0. The van der Waals surface area contributed by atoms with Crippen LogP contribution in [0.2, 0.25) is 0 Å². The summed E-state index contributed by atoms with van der Waals surface area (Å²) >= 11 is 0. The Hall–Kier alpha value is 0.870. The van der Waals surface area contributed by atoms with Crippen LogP contribution in [0.5, 0.6) is 0 Å². The van der Waals surface area contributed by atoms with Gasteiger partial charge in [0.05, 0.1) is 0 Å². The van der Waals surface area contributed by atoms with Gasteiger partial charge < -0.3 is 5.11 Å². The number of hydrogen-bond donors (Lipinski definition) is 2. The third-order valence-electron chi connectivity index (χ3n) is 0.631. The van der Waals surface area contributed by atoms with E-state index in [0.29, 0.717) is 0 Å². The minimum absolute atomic E-state index is 0. The molecule has 9 heavy (non-hydrogen) atoms. The van der Waals surface area contributed by atoms with E-state index < -0.39 is 15.1 Å². The Morgan fingerprint density at radius 2 is 1.44 bits per heavy atom. The fourth-order valence-corrected chi connectivity index (χ4v) is 0. The van der Waals surface area contributed by atoms with Gasteiger partial charge in [-0.05, 0) is 13.8 Å². The Morgan fingerprint density at radius 3 is 1.44 bits per heavy atom. The third kappa shape index (κ3) is 4.30. The molecule has 0 aliphatic heterocycles. The van der Waals surface area contributed by atoms with Crippen molar-refractivity contribution < 1.29 is 18.1 Å². The van der Waals surface area contributed by atoms with Crippen molar-refractivity contribution in [2.75, 3.05) is 0 Å². The van der Waals surface area contributed by atoms with E-state index >= 15 is 0 Å². The predicted octanol–water partition coefficient (Wildman–Crippen LogP) is -1.05. The summed E-state index contributed by atoms with van der Waals surface area (Å²) in [6.45, 7) is 1.98. The first-order valence-corrected chi connectivity index (χ1v) is 3.38. The van der Waals surface area contributed by atoms with Crippen molar-refractivity contribution in [3.8, 4) is 0 Å². The van der Waals surface area contributed by atoms with E-state index in [1.54, 1.807) is 0 Å². The van der Waals surface area contributed by atoms with E-state index in [-0.39, 0.29) is 29.6 Å². The van der Waals surface area contributed by atoms with Crippen LogP contribution in [0.25, 0.3) is 0 Å². The van der Waals surface area contributed by atoms with Gasteiger partial charge in [0.1, 0.15) is 0 Å². The molecule has 52 valence electrons. The van der Waals surface area contributed by atoms with Crippen LogP contribution < -0.4 is 0 Å². The van der Waals surface area contributed by atoms with Gasteiger partial charge in [0, 0.05) is 0 Å². The molecule has 0 aliphatic carbocycles. The summed E-state index contributed by atoms with van der Waals surface area (Å²) in [4.78, 5) is -2.03. The molecule has 4 nitrogen and oxygen atoms in total. The van der Waals surface area contributed by atoms with Crippen LogP contribution in [0.15, 0.2) is 0 Å². The molecule has 0 atom stereocenters. The Bertz CT molecular complexity index is 165. The predicted molar refractivity (Wildman–Crippen MR) is 35.0 cm³/mol. The van der Waals surface area contributed by atoms with Crippen LogP contribution >= 0.6 is 0 Å². The fourth-order valence-electron chi connectivity index (χ4n) is 0. The van der Waals surface area contributed by atoms with Crippen LogP contribution in [0.4, 0.5) is 0 Å². The Labute approximate surface area is 76.3 Å². The van der Waals surface area contributed by atoms with E-state index in [1.165, 1.54) is 0 Å². The molecule has 0 rings (SSSR count). The van der Waals surface area contributed by atoms with Crippen LogP contribution in [-0.2, 0) is 10.1 Å². The average Bonchev–Trinajstić information content (AvgIpc) is 1.25. The van der Waals surface area contributed by atoms with E-state index in [4.69, 9.17) is 9.66 Å². The number of hydrogen-bond acceptors (Lipinski definition) is 3. The molecule has 0 bridgehead atoms. The first kappa shape index (κ1) is 12.5. The normalized spacial score (nSPS) is 12.4.